The van der Waals surface area contributed by atoms with Gasteiger partial charge in [0.05, 0.1) is 22.2 Å². The lowest BCUT2D eigenvalue weighted by molar-refractivity contribution is -0.124. The van der Waals surface area contributed by atoms with Crippen LogP contribution in [0.1, 0.15) is 25.8 Å². The first kappa shape index (κ1) is 21.7. The highest BCUT2D eigenvalue weighted by Crippen LogP contribution is 2.42. The van der Waals surface area contributed by atoms with E-state index in [1.54, 1.807) is 19.1 Å². The van der Waals surface area contributed by atoms with Crippen LogP contribution in [0.25, 0.3) is 0 Å². The Morgan fingerprint density at radius 1 is 1.23 bits per heavy atom. The Bertz CT molecular complexity index is 1110. The summed E-state index contributed by atoms with van der Waals surface area (Å²) in [6.07, 6.45) is 1.07. The first-order valence-corrected chi connectivity index (χ1v) is 9.70. The monoisotopic (exact) mass is 446 g/mol. The van der Waals surface area contributed by atoms with E-state index in [0.29, 0.717) is 11.1 Å². The molecule has 1 amide bonds. The Morgan fingerprint density at radius 2 is 1.93 bits per heavy atom. The van der Waals surface area contributed by atoms with Crippen LogP contribution in [0.2, 0.25) is 10.0 Å². The third kappa shape index (κ3) is 3.99. The Morgan fingerprint density at radius 3 is 2.57 bits per heavy atom. The quantitative estimate of drug-likeness (QED) is 0.659. The van der Waals surface area contributed by atoms with Crippen molar-refractivity contribution < 1.29 is 19.1 Å². The second-order valence-corrected chi connectivity index (χ2v) is 7.73. The van der Waals surface area contributed by atoms with Gasteiger partial charge in [-0.25, -0.2) is 4.99 Å². The zero-order valence-electron chi connectivity index (χ0n) is 16.3. The molecule has 0 saturated heterocycles. The van der Waals surface area contributed by atoms with E-state index in [1.807, 2.05) is 13.8 Å². The molecule has 0 atom stereocenters. The number of ether oxygens (including phenoxy) is 1. The summed E-state index contributed by atoms with van der Waals surface area (Å²) < 4.78 is 5.77. The van der Waals surface area contributed by atoms with Gasteiger partial charge in [-0.05, 0) is 24.5 Å². The minimum atomic E-state index is -0.647. The minimum absolute atomic E-state index is 0.00155. The lowest BCUT2D eigenvalue weighted by Gasteiger charge is -2.24. The van der Waals surface area contributed by atoms with Crippen molar-refractivity contribution in [2.75, 3.05) is 11.6 Å². The summed E-state index contributed by atoms with van der Waals surface area (Å²) in [6, 6.07) is 3.08. The van der Waals surface area contributed by atoms with Gasteiger partial charge in [0.1, 0.15) is 12.6 Å². The summed E-state index contributed by atoms with van der Waals surface area (Å²) in [5.41, 5.74) is 0.832. The molecule has 0 aromatic heterocycles. The maximum atomic E-state index is 12.3. The summed E-state index contributed by atoms with van der Waals surface area (Å²) >= 11 is 12.8. The molecule has 0 fully saturated rings. The second-order valence-electron chi connectivity index (χ2n) is 6.95. The molecule has 0 N–H and O–H groups in total. The standard InChI is InChI=1S/C20H16Cl2N4O4/c1-9(2)11-4-17(24-8-16(11)28)30-20-12(21)5-14(10(3)19(20)22)26-18(29)6-15(27)13(7-23)25-26/h4-5,9H,6,8H2,1-3H3. The third-order valence-electron chi connectivity index (χ3n) is 4.55. The van der Waals surface area contributed by atoms with Gasteiger partial charge in [0.25, 0.3) is 5.91 Å². The molecular formula is C20H16Cl2N4O4. The third-order valence-corrected chi connectivity index (χ3v) is 5.28. The fourth-order valence-electron chi connectivity index (χ4n) is 2.93. The molecule has 1 aromatic carbocycles. The van der Waals surface area contributed by atoms with E-state index >= 15 is 0 Å². The lowest BCUT2D eigenvalue weighted by atomic mass is 9.97. The maximum Gasteiger partial charge on any atom is 0.255 e. The number of carbonyl (C=O) groups is 3. The van der Waals surface area contributed by atoms with E-state index in [9.17, 15) is 14.4 Å². The number of hydrazone groups is 1. The molecule has 3 rings (SSSR count). The predicted molar refractivity (Wildman–Crippen MR) is 112 cm³/mol. The number of benzene rings is 1. The summed E-state index contributed by atoms with van der Waals surface area (Å²) in [7, 11) is 0. The van der Waals surface area contributed by atoms with Gasteiger partial charge in [0.15, 0.2) is 11.5 Å². The van der Waals surface area contributed by atoms with Crippen LogP contribution in [0.15, 0.2) is 27.8 Å². The number of hydrogen-bond acceptors (Lipinski definition) is 7. The zero-order chi connectivity index (χ0) is 22.2. The van der Waals surface area contributed by atoms with E-state index in [1.165, 1.54) is 6.07 Å². The smallest absolute Gasteiger partial charge is 0.255 e. The number of carbonyl (C=O) groups excluding carboxylic acids is 3. The highest BCUT2D eigenvalue weighted by Gasteiger charge is 2.31. The van der Waals surface area contributed by atoms with Crippen molar-refractivity contribution in [3.05, 3.63) is 33.3 Å². The van der Waals surface area contributed by atoms with Crippen LogP contribution in [0.4, 0.5) is 5.69 Å². The molecule has 2 heterocycles. The van der Waals surface area contributed by atoms with Crippen molar-refractivity contribution in [3.63, 3.8) is 0 Å². The van der Waals surface area contributed by atoms with Crippen molar-refractivity contribution in [1.29, 1.82) is 5.26 Å². The average Bonchev–Trinajstić information content (AvgIpc) is 2.69. The summed E-state index contributed by atoms with van der Waals surface area (Å²) in [5.74, 6) is -1.03. The second kappa shape index (κ2) is 8.38. The number of nitriles is 1. The van der Waals surface area contributed by atoms with Crippen LogP contribution in [0.5, 0.6) is 5.75 Å². The summed E-state index contributed by atoms with van der Waals surface area (Å²) in [4.78, 5) is 40.0. The first-order chi connectivity index (χ1) is 14.1. The lowest BCUT2D eigenvalue weighted by Crippen LogP contribution is -2.37. The van der Waals surface area contributed by atoms with Crippen molar-refractivity contribution in [3.8, 4) is 11.8 Å². The van der Waals surface area contributed by atoms with Crippen LogP contribution in [0.3, 0.4) is 0 Å². The Labute approximate surface area is 182 Å². The summed E-state index contributed by atoms with van der Waals surface area (Å²) in [6.45, 7) is 5.37. The van der Waals surface area contributed by atoms with Gasteiger partial charge in [-0.2, -0.15) is 15.4 Å². The number of hydrogen-bond donors (Lipinski definition) is 0. The van der Waals surface area contributed by atoms with Crippen molar-refractivity contribution in [2.45, 2.75) is 27.2 Å². The molecule has 30 heavy (non-hydrogen) atoms. The highest BCUT2D eigenvalue weighted by molar-refractivity contribution is 6.50. The summed E-state index contributed by atoms with van der Waals surface area (Å²) in [5, 5.41) is 14.0. The normalized spacial score (nSPS) is 16.9. The van der Waals surface area contributed by atoms with Gasteiger partial charge in [0, 0.05) is 11.6 Å². The van der Waals surface area contributed by atoms with E-state index in [0.717, 1.165) is 5.01 Å². The van der Waals surface area contributed by atoms with Gasteiger partial charge >= 0.3 is 0 Å². The van der Waals surface area contributed by atoms with Gasteiger partial charge in [0.2, 0.25) is 17.4 Å². The van der Waals surface area contributed by atoms with Crippen LogP contribution < -0.4 is 9.75 Å². The molecule has 8 nitrogen and oxygen atoms in total. The number of dihydropyridines is 1. The van der Waals surface area contributed by atoms with Crippen LogP contribution in [0, 0.1) is 24.2 Å². The fraction of sp³-hybridized carbons (Fsp3) is 0.300. The Balaban J connectivity index is 2.00. The molecule has 2 aliphatic rings. The van der Waals surface area contributed by atoms with Crippen LogP contribution in [-0.2, 0) is 14.4 Å². The molecule has 0 unspecified atom stereocenters. The van der Waals surface area contributed by atoms with Crippen molar-refractivity contribution >= 4 is 58.0 Å². The Kier molecular flexibility index (Phi) is 6.06. The highest BCUT2D eigenvalue weighted by atomic mass is 35.5. The van der Waals surface area contributed by atoms with Crippen LogP contribution >= 0.6 is 23.2 Å². The van der Waals surface area contributed by atoms with Crippen molar-refractivity contribution in [1.82, 2.24) is 0 Å². The fourth-order valence-corrected chi connectivity index (χ4v) is 3.45. The minimum Gasteiger partial charge on any atom is -0.436 e. The average molecular weight is 447 g/mol. The number of aliphatic imine (C=N–C) groups is 1. The largest absolute Gasteiger partial charge is 0.436 e. The molecule has 0 radical (unpaired) electrons. The molecule has 0 spiro atoms. The number of ketones is 2. The zero-order valence-corrected chi connectivity index (χ0v) is 17.8. The van der Waals surface area contributed by atoms with Gasteiger partial charge < -0.3 is 4.74 Å². The van der Waals surface area contributed by atoms with E-state index in [-0.39, 0.29) is 51.3 Å². The number of halogens is 2. The predicted octanol–water partition coefficient (Wildman–Crippen LogP) is 3.43. The van der Waals surface area contributed by atoms with Gasteiger partial charge in [-0.3, -0.25) is 14.4 Å². The number of amides is 1. The molecule has 154 valence electrons. The number of nitrogens with zero attached hydrogens (tertiary/aromatic N) is 4. The molecule has 1 aromatic rings. The van der Waals surface area contributed by atoms with E-state index in [2.05, 4.69) is 10.1 Å². The Hall–Kier alpha value is -3.02. The molecule has 0 aliphatic carbocycles. The van der Waals surface area contributed by atoms with Crippen molar-refractivity contribution in [2.24, 2.45) is 16.0 Å². The molecule has 10 heteroatoms. The SMILES string of the molecule is Cc1c(N2N=C(C#N)C(=O)CC2=O)cc(Cl)c(OC2=NCC(=O)C(C(C)C)=C2)c1Cl. The number of anilines is 1. The van der Waals surface area contributed by atoms with E-state index in [4.69, 9.17) is 33.2 Å². The van der Waals surface area contributed by atoms with Crippen LogP contribution in [-0.4, -0.2) is 35.6 Å². The number of rotatable bonds is 3. The number of Topliss-reactive ketones (excluding diaryl/α,β-unsaturated/α-hetero) is 2. The molecule has 2 aliphatic heterocycles. The first-order valence-electron chi connectivity index (χ1n) is 8.94. The molecule has 0 bridgehead atoms. The molecular weight excluding hydrogens is 431 g/mol. The maximum absolute atomic E-state index is 12.3. The topological polar surface area (TPSA) is 112 Å². The molecule has 0 saturated carbocycles. The van der Waals surface area contributed by atoms with Gasteiger partial charge in [-0.1, -0.05) is 37.0 Å². The van der Waals surface area contributed by atoms with E-state index < -0.39 is 18.1 Å². The van der Waals surface area contributed by atoms with Gasteiger partial charge in [-0.15, -0.1) is 0 Å².